The molecule has 0 aromatic carbocycles. The molecule has 0 amide bonds. The van der Waals surface area contributed by atoms with Crippen LogP contribution in [0.3, 0.4) is 0 Å². The molecule has 0 rings (SSSR count). The first-order chi connectivity index (χ1) is 7.41. The van der Waals surface area contributed by atoms with Crippen LogP contribution < -0.4 is 0 Å². The molecular weight excluding hydrogens is 199 g/mol. The van der Waals surface area contributed by atoms with Gasteiger partial charge in [0.1, 0.15) is 0 Å². The molecule has 0 spiro atoms. The van der Waals surface area contributed by atoms with E-state index in [-0.39, 0.29) is 0 Å². The molecule has 0 atom stereocenters. The first-order valence-corrected chi connectivity index (χ1v) is 8.31. The molecule has 0 nitrogen and oxygen atoms in total. The second-order valence-corrected chi connectivity index (χ2v) is 5.84. The van der Waals surface area contributed by atoms with Crippen molar-refractivity contribution in [1.82, 2.24) is 0 Å². The number of rotatable bonds is 12. The van der Waals surface area contributed by atoms with E-state index in [9.17, 15) is 0 Å². The third-order valence-corrected chi connectivity index (χ3v) is 4.10. The van der Waals surface area contributed by atoms with E-state index in [1.165, 1.54) is 76.5 Å². The molecule has 0 bridgehead atoms. The van der Waals surface area contributed by atoms with Gasteiger partial charge >= 0.3 is 0 Å². The van der Waals surface area contributed by atoms with E-state index >= 15 is 0 Å². The molecule has 0 fully saturated rings. The maximum atomic E-state index is 2.29. The van der Waals surface area contributed by atoms with Crippen molar-refractivity contribution in [3.05, 3.63) is 0 Å². The Morgan fingerprint density at radius 3 is 1.47 bits per heavy atom. The van der Waals surface area contributed by atoms with Gasteiger partial charge in [-0.05, 0) is 25.2 Å². The summed E-state index contributed by atoms with van der Waals surface area (Å²) >= 11 is 0. The van der Waals surface area contributed by atoms with E-state index in [0.717, 1.165) is 0 Å². The molecule has 91 valence electrons. The second kappa shape index (κ2) is 14.4. The fourth-order valence-electron chi connectivity index (χ4n) is 1.77. The minimum absolute atomic E-state index is 1.37. The zero-order valence-corrected chi connectivity index (χ0v) is 11.8. The van der Waals surface area contributed by atoms with E-state index in [1.54, 1.807) is 8.58 Å². The van der Waals surface area contributed by atoms with E-state index in [4.69, 9.17) is 0 Å². The van der Waals surface area contributed by atoms with Crippen molar-refractivity contribution in [3.8, 4) is 0 Å². The Morgan fingerprint density at radius 1 is 0.533 bits per heavy atom. The van der Waals surface area contributed by atoms with Crippen LogP contribution >= 0.6 is 8.58 Å². The number of unbranched alkanes of at least 4 members (excludes halogenated alkanes) is 8. The van der Waals surface area contributed by atoms with Gasteiger partial charge in [-0.25, -0.2) is 0 Å². The third-order valence-electron chi connectivity index (χ3n) is 2.84. The lowest BCUT2D eigenvalue weighted by molar-refractivity contribution is 0.626. The topological polar surface area (TPSA) is 0 Å². The Hall–Kier alpha value is 0.430. The highest BCUT2D eigenvalue weighted by Crippen LogP contribution is 2.17. The molecule has 0 aromatic rings. The Labute approximate surface area is 99.4 Å². The van der Waals surface area contributed by atoms with Crippen LogP contribution in [0.15, 0.2) is 0 Å². The SMILES string of the molecule is CCCCCCCC[P]CCCCCC. The molecule has 0 saturated heterocycles. The van der Waals surface area contributed by atoms with Gasteiger partial charge in [0.15, 0.2) is 0 Å². The summed E-state index contributed by atoms with van der Waals surface area (Å²) in [4.78, 5) is 0. The average molecular weight is 229 g/mol. The van der Waals surface area contributed by atoms with Crippen molar-refractivity contribution in [2.45, 2.75) is 78.1 Å². The average Bonchev–Trinajstić information content (AvgIpc) is 2.26. The molecule has 0 N–H and O–H groups in total. The van der Waals surface area contributed by atoms with Gasteiger partial charge in [-0.1, -0.05) is 73.8 Å². The van der Waals surface area contributed by atoms with Crippen LogP contribution in [0.4, 0.5) is 0 Å². The Balaban J connectivity index is 2.81. The quantitative estimate of drug-likeness (QED) is 0.290. The predicted octanol–water partition coefficient (Wildman–Crippen LogP) is 5.87. The molecule has 15 heavy (non-hydrogen) atoms. The maximum Gasteiger partial charge on any atom is -0.0287 e. The van der Waals surface area contributed by atoms with Crippen molar-refractivity contribution in [1.29, 1.82) is 0 Å². The fourth-order valence-corrected chi connectivity index (χ4v) is 2.88. The van der Waals surface area contributed by atoms with Crippen molar-refractivity contribution in [3.63, 3.8) is 0 Å². The zero-order valence-electron chi connectivity index (χ0n) is 10.9. The second-order valence-electron chi connectivity index (χ2n) is 4.50. The summed E-state index contributed by atoms with van der Waals surface area (Å²) in [7, 11) is 1.71. The smallest absolute Gasteiger partial charge is 0.0287 e. The highest BCUT2D eigenvalue weighted by molar-refractivity contribution is 7.37. The van der Waals surface area contributed by atoms with Gasteiger partial charge in [0.05, 0.1) is 0 Å². The van der Waals surface area contributed by atoms with Crippen LogP contribution in [0, 0.1) is 0 Å². The molecule has 0 heterocycles. The van der Waals surface area contributed by atoms with Crippen molar-refractivity contribution >= 4 is 8.58 Å². The highest BCUT2D eigenvalue weighted by atomic mass is 31.1. The fraction of sp³-hybridized carbons (Fsp3) is 1.00. The lowest BCUT2D eigenvalue weighted by Crippen LogP contribution is -1.84. The molecule has 1 radical (unpaired) electrons. The summed E-state index contributed by atoms with van der Waals surface area (Å²) in [6.07, 6.45) is 17.3. The van der Waals surface area contributed by atoms with Crippen LogP contribution in [0.25, 0.3) is 0 Å². The first-order valence-electron chi connectivity index (χ1n) is 7.05. The van der Waals surface area contributed by atoms with E-state index in [1.807, 2.05) is 0 Å². The largest absolute Gasteiger partial charge is 0.0810 e. The van der Waals surface area contributed by atoms with E-state index in [0.29, 0.717) is 0 Å². The van der Waals surface area contributed by atoms with E-state index < -0.39 is 0 Å². The Kier molecular flexibility index (Phi) is 14.8. The summed E-state index contributed by atoms with van der Waals surface area (Å²) in [5.74, 6) is 0. The summed E-state index contributed by atoms with van der Waals surface area (Å²) in [5, 5.41) is 0. The van der Waals surface area contributed by atoms with E-state index in [2.05, 4.69) is 13.8 Å². The van der Waals surface area contributed by atoms with Gasteiger partial charge in [-0.15, -0.1) is 0 Å². The van der Waals surface area contributed by atoms with Crippen LogP contribution in [-0.2, 0) is 0 Å². The normalized spacial score (nSPS) is 11.6. The minimum Gasteiger partial charge on any atom is -0.0810 e. The zero-order chi connectivity index (χ0) is 11.2. The molecule has 0 saturated carbocycles. The van der Waals surface area contributed by atoms with Crippen molar-refractivity contribution < 1.29 is 0 Å². The molecular formula is C14H30P. The minimum atomic E-state index is 1.37. The number of hydrogen-bond acceptors (Lipinski definition) is 0. The maximum absolute atomic E-state index is 2.29. The predicted molar refractivity (Wildman–Crippen MR) is 74.2 cm³/mol. The first kappa shape index (κ1) is 15.4. The third kappa shape index (κ3) is 14.4. The van der Waals surface area contributed by atoms with Crippen LogP contribution in [-0.4, -0.2) is 12.3 Å². The van der Waals surface area contributed by atoms with Crippen LogP contribution in [0.2, 0.25) is 0 Å². The lowest BCUT2D eigenvalue weighted by atomic mass is 10.1. The van der Waals surface area contributed by atoms with Gasteiger partial charge < -0.3 is 0 Å². The molecule has 1 heteroatoms. The van der Waals surface area contributed by atoms with Gasteiger partial charge in [-0.3, -0.25) is 0 Å². The molecule has 0 aliphatic heterocycles. The van der Waals surface area contributed by atoms with Gasteiger partial charge in [0.2, 0.25) is 0 Å². The van der Waals surface area contributed by atoms with Crippen LogP contribution in [0.5, 0.6) is 0 Å². The summed E-state index contributed by atoms with van der Waals surface area (Å²) in [6, 6.07) is 0. The molecule has 0 aromatic heterocycles. The highest BCUT2D eigenvalue weighted by Gasteiger charge is 1.92. The lowest BCUT2D eigenvalue weighted by Gasteiger charge is -2.01. The summed E-state index contributed by atoms with van der Waals surface area (Å²) < 4.78 is 0. The van der Waals surface area contributed by atoms with Crippen molar-refractivity contribution in [2.24, 2.45) is 0 Å². The number of hydrogen-bond donors (Lipinski definition) is 0. The van der Waals surface area contributed by atoms with Gasteiger partial charge in [-0.2, -0.15) is 0 Å². The van der Waals surface area contributed by atoms with Gasteiger partial charge in [0, 0.05) is 0 Å². The molecule has 0 unspecified atom stereocenters. The standard InChI is InChI=1S/C14H30P/c1-3-5-7-9-10-12-14-15-13-11-8-6-4-2/h3-14H2,1-2H3. The summed E-state index contributed by atoms with van der Waals surface area (Å²) in [6.45, 7) is 4.57. The van der Waals surface area contributed by atoms with Gasteiger partial charge in [0.25, 0.3) is 0 Å². The van der Waals surface area contributed by atoms with Crippen molar-refractivity contribution in [2.75, 3.05) is 12.3 Å². The Morgan fingerprint density at radius 2 is 0.933 bits per heavy atom. The summed E-state index contributed by atoms with van der Waals surface area (Å²) in [5.41, 5.74) is 0. The monoisotopic (exact) mass is 229 g/mol. The molecule has 0 aliphatic rings. The Bertz CT molecular complexity index is 89.5. The van der Waals surface area contributed by atoms with Crippen LogP contribution in [0.1, 0.15) is 78.1 Å². The molecule has 0 aliphatic carbocycles.